The van der Waals surface area contributed by atoms with Crippen molar-refractivity contribution in [1.82, 2.24) is 0 Å². The minimum absolute atomic E-state index is 0.0750. The number of carbonyl (C=O) groups is 1. The third kappa shape index (κ3) is 2.36. The van der Waals surface area contributed by atoms with E-state index < -0.39 is 0 Å². The Morgan fingerprint density at radius 3 is 2.40 bits per heavy atom. The summed E-state index contributed by atoms with van der Waals surface area (Å²) >= 11 is 0. The number of rotatable bonds is 2. The first-order valence-electron chi connectivity index (χ1n) is 4.92. The Balaban J connectivity index is 3.29. The predicted octanol–water partition coefficient (Wildman–Crippen LogP) is 2.11. The van der Waals surface area contributed by atoms with Gasteiger partial charge in [0.1, 0.15) is 0 Å². The molecule has 3 nitrogen and oxygen atoms in total. The number of methoxy groups -OCH3 is 1. The molecule has 0 aliphatic carbocycles. The zero-order valence-electron chi connectivity index (χ0n) is 9.63. The highest BCUT2D eigenvalue weighted by atomic mass is 16.5. The van der Waals surface area contributed by atoms with Crippen molar-refractivity contribution in [1.29, 1.82) is 0 Å². The van der Waals surface area contributed by atoms with Gasteiger partial charge in [0.05, 0.1) is 12.7 Å². The summed E-state index contributed by atoms with van der Waals surface area (Å²) in [7, 11) is 1.38. The van der Waals surface area contributed by atoms with Gasteiger partial charge >= 0.3 is 5.97 Å². The summed E-state index contributed by atoms with van der Waals surface area (Å²) in [5.41, 5.74) is 9.43. The fourth-order valence-electron chi connectivity index (χ4n) is 1.69. The Hall–Kier alpha value is -1.35. The van der Waals surface area contributed by atoms with Crippen molar-refractivity contribution in [2.24, 2.45) is 5.73 Å². The molecule has 0 aliphatic heterocycles. The molecule has 0 fully saturated rings. The van der Waals surface area contributed by atoms with Crippen molar-refractivity contribution < 1.29 is 9.53 Å². The molecule has 0 aliphatic rings. The molecule has 1 aromatic carbocycles. The SMILES string of the molecule is COC(=O)c1cc(C(C)N)c(C)cc1C. The lowest BCUT2D eigenvalue weighted by Gasteiger charge is -2.13. The van der Waals surface area contributed by atoms with Crippen LogP contribution in [0.15, 0.2) is 12.1 Å². The molecule has 1 aromatic rings. The number of ether oxygens (including phenoxy) is 1. The molecule has 1 atom stereocenters. The second-order valence-electron chi connectivity index (χ2n) is 3.80. The van der Waals surface area contributed by atoms with Crippen LogP contribution in [0.4, 0.5) is 0 Å². The molecule has 82 valence electrons. The Labute approximate surface area is 90.2 Å². The molecular formula is C12H17NO2. The number of carbonyl (C=O) groups excluding carboxylic acids is 1. The van der Waals surface area contributed by atoms with Crippen LogP contribution < -0.4 is 5.73 Å². The molecule has 0 saturated heterocycles. The zero-order chi connectivity index (χ0) is 11.6. The van der Waals surface area contributed by atoms with Crippen molar-refractivity contribution in [2.75, 3.05) is 7.11 Å². The minimum Gasteiger partial charge on any atom is -0.465 e. The first kappa shape index (κ1) is 11.7. The van der Waals surface area contributed by atoms with Crippen LogP contribution in [-0.2, 0) is 4.74 Å². The van der Waals surface area contributed by atoms with Crippen molar-refractivity contribution in [3.63, 3.8) is 0 Å². The Bertz CT molecular complexity index is 383. The van der Waals surface area contributed by atoms with Gasteiger partial charge < -0.3 is 10.5 Å². The molecular weight excluding hydrogens is 190 g/mol. The molecule has 0 bridgehead atoms. The van der Waals surface area contributed by atoms with Crippen LogP contribution in [0.25, 0.3) is 0 Å². The predicted molar refractivity (Wildman–Crippen MR) is 59.9 cm³/mol. The third-order valence-electron chi connectivity index (χ3n) is 2.51. The fourth-order valence-corrected chi connectivity index (χ4v) is 1.69. The van der Waals surface area contributed by atoms with Crippen LogP contribution in [0.1, 0.15) is 40.0 Å². The van der Waals surface area contributed by atoms with E-state index in [9.17, 15) is 4.79 Å². The maximum absolute atomic E-state index is 11.5. The van der Waals surface area contributed by atoms with E-state index in [0.717, 1.165) is 16.7 Å². The molecule has 3 heteroatoms. The van der Waals surface area contributed by atoms with Crippen LogP contribution in [0.2, 0.25) is 0 Å². The summed E-state index contributed by atoms with van der Waals surface area (Å²) in [5, 5.41) is 0. The number of hydrogen-bond donors (Lipinski definition) is 1. The van der Waals surface area contributed by atoms with Gasteiger partial charge in [0.2, 0.25) is 0 Å². The van der Waals surface area contributed by atoms with Gasteiger partial charge in [-0.1, -0.05) is 6.07 Å². The molecule has 1 rings (SSSR count). The summed E-state index contributed by atoms with van der Waals surface area (Å²) in [4.78, 5) is 11.5. The lowest BCUT2D eigenvalue weighted by molar-refractivity contribution is 0.0600. The molecule has 0 aromatic heterocycles. The number of aryl methyl sites for hydroxylation is 2. The van der Waals surface area contributed by atoms with Crippen molar-refractivity contribution in [2.45, 2.75) is 26.8 Å². The lowest BCUT2D eigenvalue weighted by atomic mass is 9.96. The van der Waals surface area contributed by atoms with Crippen LogP contribution >= 0.6 is 0 Å². The largest absolute Gasteiger partial charge is 0.465 e. The average Bonchev–Trinajstić information content (AvgIpc) is 2.16. The second-order valence-corrected chi connectivity index (χ2v) is 3.80. The second kappa shape index (κ2) is 4.45. The van der Waals surface area contributed by atoms with E-state index in [4.69, 9.17) is 10.5 Å². The number of hydrogen-bond acceptors (Lipinski definition) is 3. The highest BCUT2D eigenvalue weighted by molar-refractivity contribution is 5.91. The monoisotopic (exact) mass is 207 g/mol. The molecule has 0 amide bonds. The van der Waals surface area contributed by atoms with Crippen molar-refractivity contribution >= 4 is 5.97 Å². The first-order valence-corrected chi connectivity index (χ1v) is 4.92. The van der Waals surface area contributed by atoms with E-state index >= 15 is 0 Å². The van der Waals surface area contributed by atoms with Gasteiger partial charge in [-0.05, 0) is 43.5 Å². The summed E-state index contributed by atoms with van der Waals surface area (Å²) in [6, 6.07) is 3.71. The van der Waals surface area contributed by atoms with Crippen LogP contribution in [0, 0.1) is 13.8 Å². The highest BCUT2D eigenvalue weighted by Crippen LogP contribution is 2.21. The number of nitrogens with two attached hydrogens (primary N) is 1. The first-order chi connectivity index (χ1) is 6.97. The Morgan fingerprint density at radius 2 is 1.93 bits per heavy atom. The highest BCUT2D eigenvalue weighted by Gasteiger charge is 2.13. The van der Waals surface area contributed by atoms with Gasteiger partial charge in [-0.15, -0.1) is 0 Å². The lowest BCUT2D eigenvalue weighted by Crippen LogP contribution is -2.11. The standard InChI is InChI=1S/C12H17NO2/c1-7-5-8(2)11(12(14)15-4)6-10(7)9(3)13/h5-6,9H,13H2,1-4H3. The maximum atomic E-state index is 11.5. The Morgan fingerprint density at radius 1 is 1.33 bits per heavy atom. The van der Waals surface area contributed by atoms with Gasteiger partial charge in [0.25, 0.3) is 0 Å². The zero-order valence-corrected chi connectivity index (χ0v) is 9.63. The van der Waals surface area contributed by atoms with Crippen LogP contribution in [0.5, 0.6) is 0 Å². The summed E-state index contributed by atoms with van der Waals surface area (Å²) < 4.78 is 4.71. The minimum atomic E-state index is -0.311. The molecule has 2 N–H and O–H groups in total. The van der Waals surface area contributed by atoms with Crippen LogP contribution in [0.3, 0.4) is 0 Å². The van der Waals surface area contributed by atoms with E-state index in [-0.39, 0.29) is 12.0 Å². The quantitative estimate of drug-likeness (QED) is 0.756. The van der Waals surface area contributed by atoms with E-state index in [1.807, 2.05) is 32.9 Å². The van der Waals surface area contributed by atoms with E-state index in [1.54, 1.807) is 0 Å². The molecule has 0 saturated carbocycles. The van der Waals surface area contributed by atoms with E-state index in [1.165, 1.54) is 7.11 Å². The van der Waals surface area contributed by atoms with Gasteiger partial charge in [-0.2, -0.15) is 0 Å². The third-order valence-corrected chi connectivity index (χ3v) is 2.51. The molecule has 15 heavy (non-hydrogen) atoms. The summed E-state index contributed by atoms with van der Waals surface area (Å²) in [5.74, 6) is -0.311. The number of benzene rings is 1. The van der Waals surface area contributed by atoms with Gasteiger partial charge in [-0.25, -0.2) is 4.79 Å². The van der Waals surface area contributed by atoms with Gasteiger partial charge in [0, 0.05) is 6.04 Å². The molecule has 0 spiro atoms. The molecule has 0 heterocycles. The summed E-state index contributed by atoms with van der Waals surface area (Å²) in [6.45, 7) is 5.79. The molecule has 0 radical (unpaired) electrons. The topological polar surface area (TPSA) is 52.3 Å². The summed E-state index contributed by atoms with van der Waals surface area (Å²) in [6.07, 6.45) is 0. The molecule has 1 unspecified atom stereocenters. The normalized spacial score (nSPS) is 12.3. The van der Waals surface area contributed by atoms with E-state index in [2.05, 4.69) is 0 Å². The van der Waals surface area contributed by atoms with E-state index in [0.29, 0.717) is 5.56 Å². The maximum Gasteiger partial charge on any atom is 0.338 e. The fraction of sp³-hybridized carbons (Fsp3) is 0.417. The smallest absolute Gasteiger partial charge is 0.338 e. The van der Waals surface area contributed by atoms with Crippen molar-refractivity contribution in [3.8, 4) is 0 Å². The number of esters is 1. The Kier molecular flexibility index (Phi) is 3.48. The van der Waals surface area contributed by atoms with Crippen molar-refractivity contribution in [3.05, 3.63) is 34.4 Å². The van der Waals surface area contributed by atoms with Gasteiger partial charge in [0.15, 0.2) is 0 Å². The average molecular weight is 207 g/mol. The van der Waals surface area contributed by atoms with Gasteiger partial charge in [-0.3, -0.25) is 0 Å². The van der Waals surface area contributed by atoms with Crippen LogP contribution in [-0.4, -0.2) is 13.1 Å².